The largest absolute Gasteiger partial charge is 0.490 e. The van der Waals surface area contributed by atoms with E-state index in [9.17, 15) is 4.79 Å². The number of amides is 1. The number of thiocarbonyl (C=S) groups is 1. The van der Waals surface area contributed by atoms with E-state index in [0.717, 1.165) is 23.6 Å². The summed E-state index contributed by atoms with van der Waals surface area (Å²) in [6, 6.07) is 0.316. The summed E-state index contributed by atoms with van der Waals surface area (Å²) < 4.78 is 6.08. The molecule has 0 saturated carbocycles. The van der Waals surface area contributed by atoms with Crippen molar-refractivity contribution in [2.24, 2.45) is 5.92 Å². The molecular formula is C17H28N2O2S. The molecule has 3 atom stereocenters. The molecule has 0 spiro atoms. The van der Waals surface area contributed by atoms with Gasteiger partial charge in [0.1, 0.15) is 11.4 Å². The first-order valence-corrected chi connectivity index (χ1v) is 8.51. The summed E-state index contributed by atoms with van der Waals surface area (Å²) in [7, 11) is 0. The molecule has 2 aliphatic rings. The Bertz CT molecular complexity index is 493. The highest BCUT2D eigenvalue weighted by atomic mass is 32.1. The van der Waals surface area contributed by atoms with E-state index in [1.165, 1.54) is 0 Å². The van der Waals surface area contributed by atoms with Gasteiger partial charge in [0.2, 0.25) is 0 Å². The average Bonchev–Trinajstić information content (AvgIpc) is 2.77. The van der Waals surface area contributed by atoms with Crippen LogP contribution in [-0.2, 0) is 9.53 Å². The van der Waals surface area contributed by atoms with Gasteiger partial charge in [-0.15, -0.1) is 0 Å². The third-order valence-corrected chi connectivity index (χ3v) is 4.31. The first kappa shape index (κ1) is 17.3. The zero-order valence-corrected chi connectivity index (χ0v) is 15.3. The van der Waals surface area contributed by atoms with E-state index in [-0.39, 0.29) is 29.6 Å². The van der Waals surface area contributed by atoms with Crippen LogP contribution in [0.4, 0.5) is 0 Å². The SMILES string of the molecule is CC(C)C[C@H]1C(OC(C)(C)C)=CC(=O)N1[C@H]1CC(=S)N[C@H]1C. The van der Waals surface area contributed by atoms with Gasteiger partial charge in [-0.25, -0.2) is 0 Å². The predicted octanol–water partition coefficient (Wildman–Crippen LogP) is 3.02. The van der Waals surface area contributed by atoms with E-state index in [4.69, 9.17) is 17.0 Å². The van der Waals surface area contributed by atoms with Crippen LogP contribution in [-0.4, -0.2) is 39.5 Å². The highest BCUT2D eigenvalue weighted by Crippen LogP contribution is 2.33. The normalized spacial score (nSPS) is 29.1. The van der Waals surface area contributed by atoms with E-state index in [2.05, 4.69) is 26.1 Å². The van der Waals surface area contributed by atoms with E-state index in [0.29, 0.717) is 5.92 Å². The van der Waals surface area contributed by atoms with Crippen LogP contribution >= 0.6 is 12.2 Å². The van der Waals surface area contributed by atoms with Crippen LogP contribution in [0.15, 0.2) is 11.8 Å². The summed E-state index contributed by atoms with van der Waals surface area (Å²) in [6.45, 7) is 12.5. The van der Waals surface area contributed by atoms with Gasteiger partial charge in [0, 0.05) is 18.5 Å². The Morgan fingerprint density at radius 1 is 1.45 bits per heavy atom. The molecule has 124 valence electrons. The van der Waals surface area contributed by atoms with Crippen LogP contribution in [0.1, 0.15) is 54.4 Å². The molecule has 1 fully saturated rings. The van der Waals surface area contributed by atoms with Crippen molar-refractivity contribution in [1.29, 1.82) is 0 Å². The Morgan fingerprint density at radius 3 is 2.55 bits per heavy atom. The van der Waals surface area contributed by atoms with Gasteiger partial charge >= 0.3 is 0 Å². The zero-order chi connectivity index (χ0) is 16.7. The molecule has 22 heavy (non-hydrogen) atoms. The topological polar surface area (TPSA) is 41.6 Å². The maximum absolute atomic E-state index is 12.6. The van der Waals surface area contributed by atoms with Crippen LogP contribution < -0.4 is 5.32 Å². The van der Waals surface area contributed by atoms with Crippen molar-refractivity contribution in [1.82, 2.24) is 10.2 Å². The Labute approximate surface area is 139 Å². The number of ether oxygens (including phenoxy) is 1. The van der Waals surface area contributed by atoms with Crippen molar-refractivity contribution < 1.29 is 9.53 Å². The number of nitrogens with one attached hydrogen (secondary N) is 1. The van der Waals surface area contributed by atoms with Crippen molar-refractivity contribution in [3.8, 4) is 0 Å². The molecule has 1 amide bonds. The van der Waals surface area contributed by atoms with Crippen molar-refractivity contribution in [3.63, 3.8) is 0 Å². The van der Waals surface area contributed by atoms with E-state index >= 15 is 0 Å². The van der Waals surface area contributed by atoms with Crippen LogP contribution in [0.5, 0.6) is 0 Å². The molecule has 2 rings (SSSR count). The molecular weight excluding hydrogens is 296 g/mol. The van der Waals surface area contributed by atoms with Crippen molar-refractivity contribution >= 4 is 23.1 Å². The van der Waals surface area contributed by atoms with E-state index < -0.39 is 0 Å². The minimum atomic E-state index is -0.299. The highest BCUT2D eigenvalue weighted by molar-refractivity contribution is 7.80. The molecule has 0 unspecified atom stereocenters. The first-order chi connectivity index (χ1) is 10.1. The van der Waals surface area contributed by atoms with E-state index in [1.54, 1.807) is 6.08 Å². The molecule has 1 N–H and O–H groups in total. The Balaban J connectivity index is 2.25. The fourth-order valence-corrected chi connectivity index (χ4v) is 3.58. The van der Waals surface area contributed by atoms with Gasteiger partial charge in [-0.05, 0) is 40.0 Å². The summed E-state index contributed by atoms with van der Waals surface area (Å²) in [5, 5.41) is 3.27. The van der Waals surface area contributed by atoms with Crippen molar-refractivity contribution in [3.05, 3.63) is 11.8 Å². The number of carbonyl (C=O) groups excluding carboxylic acids is 1. The molecule has 2 heterocycles. The van der Waals surface area contributed by atoms with Gasteiger partial charge in [-0.3, -0.25) is 4.79 Å². The maximum atomic E-state index is 12.6. The third kappa shape index (κ3) is 3.80. The molecule has 0 aromatic rings. The summed E-state index contributed by atoms with van der Waals surface area (Å²) in [5.41, 5.74) is -0.299. The first-order valence-electron chi connectivity index (χ1n) is 8.10. The van der Waals surface area contributed by atoms with Gasteiger partial charge in [-0.1, -0.05) is 26.1 Å². The average molecular weight is 324 g/mol. The second kappa shape index (κ2) is 6.19. The predicted molar refractivity (Wildman–Crippen MR) is 92.6 cm³/mol. The van der Waals surface area contributed by atoms with Crippen molar-refractivity contribution in [2.45, 2.75) is 78.1 Å². The van der Waals surface area contributed by atoms with Gasteiger partial charge in [0.05, 0.1) is 17.1 Å². The van der Waals surface area contributed by atoms with Gasteiger partial charge in [-0.2, -0.15) is 0 Å². The lowest BCUT2D eigenvalue weighted by Gasteiger charge is -2.36. The number of rotatable bonds is 4. The number of hydrogen-bond donors (Lipinski definition) is 1. The molecule has 2 aliphatic heterocycles. The smallest absolute Gasteiger partial charge is 0.250 e. The molecule has 5 heteroatoms. The summed E-state index contributed by atoms with van der Waals surface area (Å²) >= 11 is 5.29. The number of nitrogens with zero attached hydrogens (tertiary/aromatic N) is 1. The lowest BCUT2D eigenvalue weighted by molar-refractivity contribution is -0.129. The van der Waals surface area contributed by atoms with Gasteiger partial charge in [0.15, 0.2) is 0 Å². The standard InChI is InChI=1S/C17H28N2O2S/c1-10(2)7-13-14(21-17(4,5)6)9-16(20)19(13)12-8-15(22)18-11(12)3/h9-13H,7-8H2,1-6H3,(H,18,22)/t11-,12-,13-/m0/s1. The van der Waals surface area contributed by atoms with E-state index in [1.807, 2.05) is 25.7 Å². The third-order valence-electron chi connectivity index (χ3n) is 4.02. The molecule has 1 saturated heterocycles. The van der Waals surface area contributed by atoms with Crippen LogP contribution in [0.3, 0.4) is 0 Å². The molecule has 0 bridgehead atoms. The number of hydrogen-bond acceptors (Lipinski definition) is 3. The minimum Gasteiger partial charge on any atom is -0.490 e. The molecule has 0 aromatic carbocycles. The summed E-state index contributed by atoms with van der Waals surface area (Å²) in [4.78, 5) is 15.4. The fourth-order valence-electron chi connectivity index (χ4n) is 3.22. The van der Waals surface area contributed by atoms with Gasteiger partial charge in [0.25, 0.3) is 5.91 Å². The molecule has 4 nitrogen and oxygen atoms in total. The Morgan fingerprint density at radius 2 is 2.09 bits per heavy atom. The maximum Gasteiger partial charge on any atom is 0.250 e. The lowest BCUT2D eigenvalue weighted by Crippen LogP contribution is -2.49. The summed E-state index contributed by atoms with van der Waals surface area (Å²) in [5.74, 6) is 1.34. The molecule has 0 aromatic heterocycles. The number of carbonyl (C=O) groups is 1. The summed E-state index contributed by atoms with van der Waals surface area (Å²) in [6.07, 6.45) is 3.32. The lowest BCUT2D eigenvalue weighted by atomic mass is 9.99. The molecule has 0 radical (unpaired) electrons. The van der Waals surface area contributed by atoms with Crippen LogP contribution in [0, 0.1) is 5.92 Å². The van der Waals surface area contributed by atoms with Gasteiger partial charge < -0.3 is 15.0 Å². The quantitative estimate of drug-likeness (QED) is 0.807. The monoisotopic (exact) mass is 324 g/mol. The second-order valence-corrected chi connectivity index (χ2v) is 8.27. The minimum absolute atomic E-state index is 0.0156. The Kier molecular flexibility index (Phi) is 4.85. The molecule has 0 aliphatic carbocycles. The zero-order valence-electron chi connectivity index (χ0n) is 14.5. The van der Waals surface area contributed by atoms with Crippen LogP contribution in [0.25, 0.3) is 0 Å². The Hall–Kier alpha value is -1.10. The fraction of sp³-hybridized carbons (Fsp3) is 0.765. The van der Waals surface area contributed by atoms with Crippen molar-refractivity contribution in [2.75, 3.05) is 0 Å². The van der Waals surface area contributed by atoms with Crippen LogP contribution in [0.2, 0.25) is 0 Å². The second-order valence-electron chi connectivity index (χ2n) is 7.78. The highest BCUT2D eigenvalue weighted by Gasteiger charge is 2.44.